The number of rotatable bonds is 6. The average molecular weight is 366 g/mol. The molecule has 6 nitrogen and oxygen atoms in total. The third-order valence-electron chi connectivity index (χ3n) is 3.74. The summed E-state index contributed by atoms with van der Waals surface area (Å²) in [6.45, 7) is 2.49. The number of H-pyrrole nitrogens is 1. The second-order valence-electron chi connectivity index (χ2n) is 5.44. The Morgan fingerprint density at radius 1 is 1.04 bits per heavy atom. The van der Waals surface area contributed by atoms with E-state index >= 15 is 0 Å². The maximum Gasteiger partial charge on any atom is 0.278 e. The number of anilines is 1. The van der Waals surface area contributed by atoms with Crippen molar-refractivity contribution in [1.82, 2.24) is 15.2 Å². The van der Waals surface area contributed by atoms with Gasteiger partial charge in [-0.05, 0) is 19.1 Å². The highest BCUT2D eigenvalue weighted by Gasteiger charge is 2.15. The standard InChI is InChI=1S/C19H18N4O2S/c1-2-23(15-11-7-4-8-12-15)16(24)13-26-19-20-18(25)17(21-22-19)14-9-5-3-6-10-14/h3-12H,2,13H2,1H3,(H,20,22,25). The Labute approximate surface area is 155 Å². The molecule has 1 N–H and O–H groups in total. The van der Waals surface area contributed by atoms with Gasteiger partial charge >= 0.3 is 0 Å². The topological polar surface area (TPSA) is 79.0 Å². The minimum Gasteiger partial charge on any atom is -0.312 e. The predicted molar refractivity (Wildman–Crippen MR) is 103 cm³/mol. The number of aromatic amines is 1. The number of thioether (sulfide) groups is 1. The molecular weight excluding hydrogens is 348 g/mol. The average Bonchev–Trinajstić information content (AvgIpc) is 2.68. The quantitative estimate of drug-likeness (QED) is 0.679. The first kappa shape index (κ1) is 17.9. The largest absolute Gasteiger partial charge is 0.312 e. The summed E-state index contributed by atoms with van der Waals surface area (Å²) in [4.78, 5) is 29.1. The number of para-hydroxylation sites is 1. The van der Waals surface area contributed by atoms with Crippen LogP contribution in [-0.2, 0) is 4.79 Å². The van der Waals surface area contributed by atoms with Gasteiger partial charge in [0.2, 0.25) is 5.91 Å². The minimum atomic E-state index is -0.323. The number of benzene rings is 2. The first-order valence-electron chi connectivity index (χ1n) is 8.19. The van der Waals surface area contributed by atoms with Gasteiger partial charge in [-0.2, -0.15) is 0 Å². The molecule has 7 heteroatoms. The van der Waals surface area contributed by atoms with Gasteiger partial charge in [-0.15, -0.1) is 10.2 Å². The lowest BCUT2D eigenvalue weighted by Crippen LogP contribution is -2.32. The van der Waals surface area contributed by atoms with Crippen LogP contribution < -0.4 is 10.5 Å². The number of nitrogens with zero attached hydrogens (tertiary/aromatic N) is 3. The molecule has 0 aliphatic heterocycles. The summed E-state index contributed by atoms with van der Waals surface area (Å²) in [6.07, 6.45) is 0. The van der Waals surface area contributed by atoms with E-state index in [0.717, 1.165) is 17.4 Å². The molecule has 132 valence electrons. The van der Waals surface area contributed by atoms with E-state index in [9.17, 15) is 9.59 Å². The molecule has 0 aliphatic rings. The van der Waals surface area contributed by atoms with Crippen LogP contribution >= 0.6 is 11.8 Å². The fourth-order valence-electron chi connectivity index (χ4n) is 2.49. The number of hydrogen-bond donors (Lipinski definition) is 1. The molecule has 1 heterocycles. The molecule has 0 aliphatic carbocycles. The van der Waals surface area contributed by atoms with Gasteiger partial charge < -0.3 is 4.90 Å². The molecule has 3 rings (SSSR count). The zero-order valence-electron chi connectivity index (χ0n) is 14.3. The Balaban J connectivity index is 1.69. The van der Waals surface area contributed by atoms with Crippen LogP contribution in [0.15, 0.2) is 70.6 Å². The summed E-state index contributed by atoms with van der Waals surface area (Å²) in [5, 5.41) is 8.37. The molecule has 1 aromatic heterocycles. The first-order chi connectivity index (χ1) is 12.7. The van der Waals surface area contributed by atoms with Gasteiger partial charge in [-0.1, -0.05) is 60.3 Å². The SMILES string of the molecule is CCN(C(=O)CSc1nnc(-c2ccccc2)c(=O)[nH]1)c1ccccc1. The maximum atomic E-state index is 12.5. The molecule has 3 aromatic rings. The van der Waals surface area contributed by atoms with Crippen molar-refractivity contribution in [3.05, 3.63) is 71.0 Å². The summed E-state index contributed by atoms with van der Waals surface area (Å²) < 4.78 is 0. The van der Waals surface area contributed by atoms with Crippen molar-refractivity contribution in [1.29, 1.82) is 0 Å². The second kappa shape index (κ2) is 8.44. The predicted octanol–water partition coefficient (Wildman–Crippen LogP) is 2.98. The molecule has 0 saturated carbocycles. The van der Waals surface area contributed by atoms with E-state index in [4.69, 9.17) is 0 Å². The van der Waals surface area contributed by atoms with Crippen molar-refractivity contribution in [2.24, 2.45) is 0 Å². The van der Waals surface area contributed by atoms with Crippen molar-refractivity contribution in [3.63, 3.8) is 0 Å². The van der Waals surface area contributed by atoms with Crippen LogP contribution in [0.5, 0.6) is 0 Å². The molecule has 0 atom stereocenters. The summed E-state index contributed by atoms with van der Waals surface area (Å²) in [5.74, 6) is 0.108. The number of amides is 1. The van der Waals surface area contributed by atoms with E-state index in [2.05, 4.69) is 15.2 Å². The Kier molecular flexibility index (Phi) is 5.80. The Morgan fingerprint density at radius 3 is 2.31 bits per heavy atom. The van der Waals surface area contributed by atoms with Crippen LogP contribution in [0, 0.1) is 0 Å². The van der Waals surface area contributed by atoms with Gasteiger partial charge in [-0.3, -0.25) is 14.6 Å². The number of nitrogens with one attached hydrogen (secondary N) is 1. The van der Waals surface area contributed by atoms with E-state index in [1.54, 1.807) is 17.0 Å². The summed E-state index contributed by atoms with van der Waals surface area (Å²) >= 11 is 1.16. The normalized spacial score (nSPS) is 10.5. The molecule has 0 saturated heterocycles. The van der Waals surface area contributed by atoms with Gasteiger partial charge in [0.25, 0.3) is 5.56 Å². The highest BCUT2D eigenvalue weighted by molar-refractivity contribution is 7.99. The minimum absolute atomic E-state index is 0.0570. The lowest BCUT2D eigenvalue weighted by atomic mass is 10.2. The summed E-state index contributed by atoms with van der Waals surface area (Å²) in [5.41, 5.74) is 1.49. The highest BCUT2D eigenvalue weighted by atomic mass is 32.2. The van der Waals surface area contributed by atoms with Crippen molar-refractivity contribution in [3.8, 4) is 11.3 Å². The van der Waals surface area contributed by atoms with Crippen molar-refractivity contribution in [2.75, 3.05) is 17.2 Å². The van der Waals surface area contributed by atoms with E-state index in [-0.39, 0.29) is 22.9 Å². The van der Waals surface area contributed by atoms with Gasteiger partial charge in [0, 0.05) is 17.8 Å². The van der Waals surface area contributed by atoms with Crippen LogP contribution in [-0.4, -0.2) is 33.4 Å². The fraction of sp³-hybridized carbons (Fsp3) is 0.158. The van der Waals surface area contributed by atoms with Crippen LogP contribution in [0.25, 0.3) is 11.3 Å². The van der Waals surface area contributed by atoms with Crippen molar-refractivity contribution < 1.29 is 4.79 Å². The summed E-state index contributed by atoms with van der Waals surface area (Å²) in [6, 6.07) is 18.6. The molecule has 0 unspecified atom stereocenters. The molecule has 26 heavy (non-hydrogen) atoms. The highest BCUT2D eigenvalue weighted by Crippen LogP contribution is 2.18. The number of aromatic nitrogens is 3. The lowest BCUT2D eigenvalue weighted by Gasteiger charge is -2.20. The molecule has 2 aromatic carbocycles. The monoisotopic (exact) mass is 366 g/mol. The number of carbonyl (C=O) groups excluding carboxylic acids is 1. The van der Waals surface area contributed by atoms with Gasteiger partial charge in [0.1, 0.15) is 0 Å². The Bertz CT molecular complexity index is 929. The number of carbonyl (C=O) groups is 1. The third kappa shape index (κ3) is 4.18. The zero-order chi connectivity index (χ0) is 18.4. The second-order valence-corrected chi connectivity index (χ2v) is 6.40. The first-order valence-corrected chi connectivity index (χ1v) is 9.18. The maximum absolute atomic E-state index is 12.5. The van der Waals surface area contributed by atoms with E-state index < -0.39 is 0 Å². The van der Waals surface area contributed by atoms with Crippen LogP contribution in [0.1, 0.15) is 6.92 Å². The smallest absolute Gasteiger partial charge is 0.278 e. The molecule has 0 fully saturated rings. The van der Waals surface area contributed by atoms with Crippen molar-refractivity contribution >= 4 is 23.4 Å². The fourth-order valence-corrected chi connectivity index (χ4v) is 3.17. The Morgan fingerprint density at radius 2 is 1.69 bits per heavy atom. The zero-order valence-corrected chi connectivity index (χ0v) is 15.1. The Hall–Kier alpha value is -2.93. The lowest BCUT2D eigenvalue weighted by molar-refractivity contribution is -0.116. The van der Waals surface area contributed by atoms with E-state index in [0.29, 0.717) is 17.3 Å². The van der Waals surface area contributed by atoms with E-state index in [1.807, 2.05) is 55.5 Å². The molecule has 1 amide bonds. The van der Waals surface area contributed by atoms with Crippen LogP contribution in [0.3, 0.4) is 0 Å². The summed E-state index contributed by atoms with van der Waals surface area (Å²) in [7, 11) is 0. The molecule has 0 spiro atoms. The number of hydrogen-bond acceptors (Lipinski definition) is 5. The van der Waals surface area contributed by atoms with Gasteiger partial charge in [0.05, 0.1) is 5.75 Å². The van der Waals surface area contributed by atoms with Gasteiger partial charge in [-0.25, -0.2) is 0 Å². The van der Waals surface area contributed by atoms with Crippen LogP contribution in [0.4, 0.5) is 5.69 Å². The third-order valence-corrected chi connectivity index (χ3v) is 4.59. The molecule has 0 bridgehead atoms. The van der Waals surface area contributed by atoms with Crippen molar-refractivity contribution in [2.45, 2.75) is 12.1 Å². The molecule has 0 radical (unpaired) electrons. The van der Waals surface area contributed by atoms with E-state index in [1.165, 1.54) is 0 Å². The van der Waals surface area contributed by atoms with Gasteiger partial charge in [0.15, 0.2) is 10.9 Å². The molecular formula is C19H18N4O2S. The van der Waals surface area contributed by atoms with Crippen LogP contribution in [0.2, 0.25) is 0 Å².